The van der Waals surface area contributed by atoms with E-state index in [2.05, 4.69) is 276 Å². The standard InChI is InChI=1S/C66H44N2O/c1-6-18-45(19-7-1)47-30-35-54(36-31-47)68(61-38-32-50(46-20-8-2-9-21-46)42-57(61)49-24-12-4-13-25-49)66-55(48-22-10-3-11-23-48)37-41-64-65(66)59-44-52(34-40-63(59)69-64)51-33-39-62-58(43-51)56-28-16-17-29-60(56)67(62)53-26-14-5-15-27-53/h1-44H. The quantitative estimate of drug-likeness (QED) is 0.144. The van der Waals surface area contributed by atoms with Crippen LogP contribution in [0.15, 0.2) is 271 Å². The highest BCUT2D eigenvalue weighted by molar-refractivity contribution is 6.18. The molecule has 0 radical (unpaired) electrons. The van der Waals surface area contributed by atoms with E-state index in [0.717, 1.165) is 89.2 Å². The highest BCUT2D eigenvalue weighted by Crippen LogP contribution is 2.51. The summed E-state index contributed by atoms with van der Waals surface area (Å²) in [6.07, 6.45) is 0. The van der Waals surface area contributed by atoms with E-state index in [9.17, 15) is 0 Å². The molecule has 0 N–H and O–H groups in total. The zero-order valence-electron chi connectivity index (χ0n) is 37.7. The predicted molar refractivity (Wildman–Crippen MR) is 290 cm³/mol. The van der Waals surface area contributed by atoms with Crippen molar-refractivity contribution in [2.75, 3.05) is 4.90 Å². The van der Waals surface area contributed by atoms with Crippen LogP contribution in [0.5, 0.6) is 0 Å². The molecule has 69 heavy (non-hydrogen) atoms. The number of rotatable bonds is 9. The lowest BCUT2D eigenvalue weighted by atomic mass is 9.93. The first-order chi connectivity index (χ1) is 34.2. The van der Waals surface area contributed by atoms with Gasteiger partial charge in [0.25, 0.3) is 0 Å². The van der Waals surface area contributed by atoms with Crippen molar-refractivity contribution in [2.45, 2.75) is 0 Å². The van der Waals surface area contributed by atoms with Crippen molar-refractivity contribution in [3.63, 3.8) is 0 Å². The zero-order chi connectivity index (χ0) is 45.7. The van der Waals surface area contributed by atoms with E-state index in [1.807, 2.05) is 0 Å². The first-order valence-corrected chi connectivity index (χ1v) is 23.6. The fraction of sp³-hybridized carbons (Fsp3) is 0. The lowest BCUT2D eigenvalue weighted by molar-refractivity contribution is 0.669. The van der Waals surface area contributed by atoms with Gasteiger partial charge >= 0.3 is 0 Å². The van der Waals surface area contributed by atoms with E-state index < -0.39 is 0 Å². The Morgan fingerprint density at radius 1 is 0.304 bits per heavy atom. The summed E-state index contributed by atoms with van der Waals surface area (Å²) >= 11 is 0. The minimum absolute atomic E-state index is 0.825. The van der Waals surface area contributed by atoms with Crippen LogP contribution in [0, 0.1) is 0 Å². The highest BCUT2D eigenvalue weighted by Gasteiger charge is 2.27. The Hall–Kier alpha value is -9.18. The summed E-state index contributed by atoms with van der Waals surface area (Å²) in [4.78, 5) is 2.47. The third kappa shape index (κ3) is 7.08. The van der Waals surface area contributed by atoms with Gasteiger partial charge in [-0.05, 0) is 123 Å². The van der Waals surface area contributed by atoms with Gasteiger partial charge in [0, 0.05) is 38.7 Å². The molecule has 0 aliphatic heterocycles. The first-order valence-electron chi connectivity index (χ1n) is 23.6. The van der Waals surface area contributed by atoms with Crippen LogP contribution >= 0.6 is 0 Å². The van der Waals surface area contributed by atoms with Gasteiger partial charge in [-0.2, -0.15) is 0 Å². The third-order valence-electron chi connectivity index (χ3n) is 13.6. The van der Waals surface area contributed by atoms with Crippen LogP contribution in [-0.2, 0) is 0 Å². The molecule has 0 unspecified atom stereocenters. The van der Waals surface area contributed by atoms with Crippen LogP contribution < -0.4 is 4.90 Å². The molecule has 0 spiro atoms. The number of anilines is 3. The molecule has 0 fully saturated rings. The van der Waals surface area contributed by atoms with Crippen molar-refractivity contribution < 1.29 is 4.42 Å². The molecular weight excluding hydrogens is 837 g/mol. The number of aromatic nitrogens is 1. The molecule has 3 heteroatoms. The summed E-state index contributed by atoms with van der Waals surface area (Å²) in [5.74, 6) is 0. The van der Waals surface area contributed by atoms with Crippen LogP contribution in [0.3, 0.4) is 0 Å². The van der Waals surface area contributed by atoms with E-state index in [1.54, 1.807) is 0 Å². The summed E-state index contributed by atoms with van der Waals surface area (Å²) in [5.41, 5.74) is 19.7. The van der Waals surface area contributed by atoms with Gasteiger partial charge in [-0.25, -0.2) is 0 Å². The SMILES string of the molecule is c1ccc(-c2ccc(N(c3ccc(-c4ccccc4)cc3-c3ccccc3)c3c(-c4ccccc4)ccc4oc5ccc(-c6ccc7c(c6)c6ccccc6n7-c6ccccc6)cc5c34)cc2)cc1. The Labute approximate surface area is 401 Å². The summed E-state index contributed by atoms with van der Waals surface area (Å²) in [7, 11) is 0. The monoisotopic (exact) mass is 880 g/mol. The van der Waals surface area contributed by atoms with Crippen molar-refractivity contribution in [1.82, 2.24) is 4.57 Å². The summed E-state index contributed by atoms with van der Waals surface area (Å²) in [6, 6.07) is 96.1. The van der Waals surface area contributed by atoms with Crippen LogP contribution in [0.1, 0.15) is 0 Å². The highest BCUT2D eigenvalue weighted by atomic mass is 16.3. The summed E-state index contributed by atoms with van der Waals surface area (Å²) in [5, 5.41) is 4.54. The lowest BCUT2D eigenvalue weighted by Crippen LogP contribution is -2.13. The Bertz CT molecular complexity index is 3970. The van der Waals surface area contributed by atoms with E-state index >= 15 is 0 Å². The van der Waals surface area contributed by atoms with Gasteiger partial charge < -0.3 is 13.9 Å². The summed E-state index contributed by atoms with van der Waals surface area (Å²) < 4.78 is 9.29. The van der Waals surface area contributed by atoms with Gasteiger partial charge in [-0.1, -0.05) is 188 Å². The molecular formula is C66H44N2O. The van der Waals surface area contributed by atoms with Gasteiger partial charge in [0.05, 0.1) is 27.8 Å². The van der Waals surface area contributed by atoms with Crippen LogP contribution in [0.4, 0.5) is 17.1 Å². The topological polar surface area (TPSA) is 21.3 Å². The second-order valence-electron chi connectivity index (χ2n) is 17.6. The van der Waals surface area contributed by atoms with Crippen molar-refractivity contribution in [3.8, 4) is 61.3 Å². The average molecular weight is 881 g/mol. The Kier molecular flexibility index (Phi) is 9.84. The van der Waals surface area contributed by atoms with Gasteiger partial charge in [0.2, 0.25) is 0 Å². The largest absolute Gasteiger partial charge is 0.456 e. The maximum Gasteiger partial charge on any atom is 0.137 e. The Balaban J connectivity index is 1.08. The molecule has 324 valence electrons. The molecule has 2 aromatic heterocycles. The Morgan fingerprint density at radius 2 is 0.783 bits per heavy atom. The number of para-hydroxylation sites is 2. The molecule has 0 amide bonds. The molecule has 13 rings (SSSR count). The van der Waals surface area contributed by atoms with E-state index in [4.69, 9.17) is 4.42 Å². The van der Waals surface area contributed by atoms with Crippen LogP contribution in [-0.4, -0.2) is 4.57 Å². The normalized spacial score (nSPS) is 11.5. The molecule has 0 saturated carbocycles. The minimum atomic E-state index is 0.825. The van der Waals surface area contributed by atoms with Crippen molar-refractivity contribution in [3.05, 3.63) is 267 Å². The fourth-order valence-corrected chi connectivity index (χ4v) is 10.3. The molecule has 0 atom stereocenters. The molecule has 0 aliphatic carbocycles. The van der Waals surface area contributed by atoms with Crippen LogP contribution in [0.25, 0.3) is 105 Å². The van der Waals surface area contributed by atoms with E-state index in [-0.39, 0.29) is 0 Å². The van der Waals surface area contributed by atoms with Crippen molar-refractivity contribution in [1.29, 1.82) is 0 Å². The second kappa shape index (κ2) is 16.9. The molecule has 11 aromatic carbocycles. The lowest BCUT2D eigenvalue weighted by Gasteiger charge is -2.31. The summed E-state index contributed by atoms with van der Waals surface area (Å²) in [6.45, 7) is 0. The van der Waals surface area contributed by atoms with Crippen LogP contribution in [0.2, 0.25) is 0 Å². The van der Waals surface area contributed by atoms with Gasteiger partial charge in [0.1, 0.15) is 11.2 Å². The second-order valence-corrected chi connectivity index (χ2v) is 17.6. The zero-order valence-corrected chi connectivity index (χ0v) is 37.7. The number of hydrogen-bond donors (Lipinski definition) is 0. The van der Waals surface area contributed by atoms with Gasteiger partial charge in [-0.3, -0.25) is 0 Å². The molecule has 0 bridgehead atoms. The number of furan rings is 1. The molecule has 3 nitrogen and oxygen atoms in total. The molecule has 2 heterocycles. The van der Waals surface area contributed by atoms with E-state index in [1.165, 1.54) is 32.9 Å². The maximum absolute atomic E-state index is 6.92. The fourth-order valence-electron chi connectivity index (χ4n) is 10.3. The van der Waals surface area contributed by atoms with Gasteiger partial charge in [-0.15, -0.1) is 0 Å². The van der Waals surface area contributed by atoms with E-state index in [0.29, 0.717) is 0 Å². The minimum Gasteiger partial charge on any atom is -0.456 e. The number of fused-ring (bicyclic) bond motifs is 6. The third-order valence-corrected chi connectivity index (χ3v) is 13.6. The molecule has 0 aliphatic rings. The van der Waals surface area contributed by atoms with Crippen molar-refractivity contribution >= 4 is 60.8 Å². The maximum atomic E-state index is 6.92. The first kappa shape index (κ1) is 40.1. The Morgan fingerprint density at radius 3 is 1.46 bits per heavy atom. The average Bonchev–Trinajstić information content (AvgIpc) is 3.98. The van der Waals surface area contributed by atoms with Gasteiger partial charge in [0.15, 0.2) is 0 Å². The molecule has 0 saturated heterocycles. The number of nitrogens with zero attached hydrogens (tertiary/aromatic N) is 2. The van der Waals surface area contributed by atoms with Crippen molar-refractivity contribution in [2.24, 2.45) is 0 Å². The predicted octanol–water partition coefficient (Wildman–Crippen LogP) is 18.5. The smallest absolute Gasteiger partial charge is 0.137 e. The number of hydrogen-bond acceptors (Lipinski definition) is 2. The number of benzene rings is 11. The molecule has 13 aromatic rings.